The van der Waals surface area contributed by atoms with Crippen molar-refractivity contribution in [1.82, 2.24) is 0 Å². The zero-order valence-electron chi connectivity index (χ0n) is 42.8. The predicted octanol–water partition coefficient (Wildman–Crippen LogP) is 6.43. The summed E-state index contributed by atoms with van der Waals surface area (Å²) in [6, 6.07) is 29.0. The Balaban J connectivity index is 1.04. The first-order valence-corrected chi connectivity index (χ1v) is 35.5. The molecular formula is C56H60Cl3IO12S4. The molecule has 0 saturated heterocycles. The molecule has 4 aromatic carbocycles. The third-order valence-electron chi connectivity index (χ3n) is 15.1. The molecule has 0 N–H and O–H groups in total. The van der Waals surface area contributed by atoms with E-state index in [0.717, 1.165) is 19.6 Å². The molecule has 0 fully saturated rings. The zero-order valence-corrected chi connectivity index (χ0v) is 50.5. The van der Waals surface area contributed by atoms with Gasteiger partial charge < -0.3 is 0 Å². The number of hydrogen-bond acceptors (Lipinski definition) is 14. The van der Waals surface area contributed by atoms with Gasteiger partial charge in [0.05, 0.1) is 0 Å². The Morgan fingerprint density at radius 1 is 0.382 bits per heavy atom. The molecular weight excluding hydrogens is 1230 g/mol. The van der Waals surface area contributed by atoms with Gasteiger partial charge in [0, 0.05) is 0 Å². The van der Waals surface area contributed by atoms with Crippen molar-refractivity contribution in [2.24, 2.45) is 23.7 Å². The number of benzene rings is 4. The summed E-state index contributed by atoms with van der Waals surface area (Å²) in [5.74, 6) is -0.805. The molecule has 0 heterocycles. The molecule has 0 aliphatic heterocycles. The van der Waals surface area contributed by atoms with E-state index in [1.807, 2.05) is 225 Å². The van der Waals surface area contributed by atoms with Crippen LogP contribution >= 0.6 is 64.4 Å². The minimum Gasteiger partial charge on any atom is -0.0800 e. The molecule has 76 heavy (non-hydrogen) atoms. The molecule has 8 unspecified atom stereocenters. The van der Waals surface area contributed by atoms with E-state index in [4.69, 9.17) is 10.1 Å². The molecule has 0 aromatic heterocycles. The van der Waals surface area contributed by atoms with Crippen molar-refractivity contribution < 1.29 is 82.8 Å². The number of hydrogen-bond donors (Lipinski definition) is 0. The molecule has 0 radical (unpaired) electrons. The van der Waals surface area contributed by atoms with E-state index in [1.54, 1.807) is 24.3 Å². The van der Waals surface area contributed by atoms with Crippen LogP contribution in [0.2, 0.25) is 0 Å². The van der Waals surface area contributed by atoms with Gasteiger partial charge in [-0.2, -0.15) is 28.0 Å². The molecule has 4 aliphatic carbocycles. The molecule has 12 nitrogen and oxygen atoms in total. The first kappa shape index (κ1) is 59.4. The van der Waals surface area contributed by atoms with Gasteiger partial charge in [-0.25, -0.2) is 0 Å². The van der Waals surface area contributed by atoms with Crippen LogP contribution in [0.4, 0.5) is 0 Å². The maximum absolute atomic E-state index is 12.8. The zero-order chi connectivity index (χ0) is 55.2. The van der Waals surface area contributed by atoms with Crippen LogP contribution in [0.1, 0.15) is 55.4 Å². The minimum absolute atomic E-state index is 0.201. The van der Waals surface area contributed by atoms with Crippen molar-refractivity contribution >= 4 is 64.4 Å². The van der Waals surface area contributed by atoms with Crippen molar-refractivity contribution in [3.63, 3.8) is 0 Å². The summed E-state index contributed by atoms with van der Waals surface area (Å²) in [4.78, 5) is 4.34. The minimum atomic E-state index is -4.88. The smallest absolute Gasteiger partial charge is 0.0800 e. The van der Waals surface area contributed by atoms with Gasteiger partial charge in [0.25, 0.3) is 0 Å². The molecule has 4 aromatic rings. The third kappa shape index (κ3) is 11.6. The average molecular weight is 1290 g/mol. The summed E-state index contributed by atoms with van der Waals surface area (Å²) < 4.78 is 128. The molecule has 0 bridgehead atoms. The number of allylic oxidation sites excluding steroid dienone is 12. The van der Waals surface area contributed by atoms with Gasteiger partial charge in [-0.3, -0.25) is 0 Å². The van der Waals surface area contributed by atoms with Crippen LogP contribution in [0, 0.1) is 61.5 Å². The fourth-order valence-corrected chi connectivity index (χ4v) is 30.5. The molecule has 4 aliphatic rings. The van der Waals surface area contributed by atoms with Gasteiger partial charge in [-0.05, 0) is 0 Å². The number of rotatable bonds is 18. The maximum atomic E-state index is 12.8. The van der Waals surface area contributed by atoms with E-state index in [-0.39, 0.29) is 23.7 Å². The first-order chi connectivity index (χ1) is 35.6. The third-order valence-corrected chi connectivity index (χ3v) is 34.9. The van der Waals surface area contributed by atoms with Crippen LogP contribution in [-0.2, 0) is 10.1 Å². The molecule has 408 valence electrons. The predicted molar refractivity (Wildman–Crippen MR) is 284 cm³/mol. The van der Waals surface area contributed by atoms with Crippen molar-refractivity contribution in [2.75, 3.05) is 0 Å². The van der Waals surface area contributed by atoms with Crippen molar-refractivity contribution in [1.29, 1.82) is 0 Å². The molecule has 0 spiro atoms. The van der Waals surface area contributed by atoms with Crippen molar-refractivity contribution in [2.45, 2.75) is 104 Å². The molecule has 8 atom stereocenters. The van der Waals surface area contributed by atoms with Gasteiger partial charge in [0.15, 0.2) is 0 Å². The first-order valence-electron chi connectivity index (χ1n) is 24.0. The number of halogens is 4. The van der Waals surface area contributed by atoms with Crippen LogP contribution in [0.5, 0.6) is 0 Å². The Labute approximate surface area is 471 Å². The Bertz CT molecular complexity index is 2700. The van der Waals surface area contributed by atoms with Crippen LogP contribution in [0.3, 0.4) is 0 Å². The van der Waals surface area contributed by atoms with E-state index in [0.29, 0.717) is 16.9 Å². The normalized spacial score (nSPS) is 29.9. The van der Waals surface area contributed by atoms with Gasteiger partial charge in [-0.1, -0.05) is 101 Å². The second kappa shape index (κ2) is 22.7. The van der Waals surface area contributed by atoms with E-state index in [9.17, 15) is 41.9 Å². The quantitative estimate of drug-likeness (QED) is 0.0977. The van der Waals surface area contributed by atoms with E-state index >= 15 is 0 Å². The Morgan fingerprint density at radius 3 is 0.855 bits per heavy atom. The molecule has 0 saturated carbocycles. The monoisotopic (exact) mass is 1280 g/mol. The Kier molecular flexibility index (Phi) is 17.7. The van der Waals surface area contributed by atoms with E-state index in [1.165, 1.54) is 23.5 Å². The van der Waals surface area contributed by atoms with Crippen LogP contribution in [-0.4, -0.2) is 19.0 Å². The van der Waals surface area contributed by atoms with Crippen LogP contribution in [0.25, 0.3) is 0 Å². The second-order valence-corrected chi connectivity index (χ2v) is 36.9. The van der Waals surface area contributed by atoms with Crippen LogP contribution in [0.15, 0.2) is 224 Å². The second-order valence-electron chi connectivity index (χ2n) is 19.6. The summed E-state index contributed by atoms with van der Waals surface area (Å²) in [7, 11) is -20.6. The molecule has 8 rings (SSSR count). The average Bonchev–Trinajstić information content (AvgIpc) is 3.53. The van der Waals surface area contributed by atoms with Crippen LogP contribution < -0.4 is 41.9 Å². The van der Waals surface area contributed by atoms with Gasteiger partial charge >= 0.3 is 347 Å². The van der Waals surface area contributed by atoms with Gasteiger partial charge in [-0.15, -0.1) is 0 Å². The van der Waals surface area contributed by atoms with Crippen molar-refractivity contribution in [3.05, 3.63) is 201 Å². The van der Waals surface area contributed by atoms with Gasteiger partial charge in [0.2, 0.25) is 0 Å². The SMILES string of the molecule is CC1C=CC=CC1(C)S(O[Cl+3]([O-])([O-])[O-])(c1ccc(Sc2ccc(I(O[Cl+3]([O-])([O-])[O-])c3ccc(Sc4ccc(S(O[Cl+3]([O-])([O-])[O-])(C5(C)C=CC=CC5C)C5(C)C=CC=CC5C)cc4)cc3)cc2)cc1)C1(C)C=CC=CC1C. The Hall–Kier alpha value is -2.68. The standard InChI is InChI=1S/C56H60Cl3IO12S4/c1-41-17-9-13-37-53(41,5)75(71-58(64,65)66,54(6)38-14-10-18-42(54)2)51-33-29-49(30-34-51)73-47-25-21-45(22-26-47)60(70-57(61,62)63)46-23-27-48(28-24-46)74-50-31-35-52(36-32-50)76(72-59(67,68)69,55(7)39-15-11-19-43(55)3)56(8)40-16-12-20-44(56)4/h9-44H,1-8H3. The summed E-state index contributed by atoms with van der Waals surface area (Å²) in [5, 5.41) is 0. The Morgan fingerprint density at radius 2 is 0.632 bits per heavy atom. The summed E-state index contributed by atoms with van der Waals surface area (Å²) in [6.07, 6.45) is 30.9. The molecule has 20 heteroatoms. The summed E-state index contributed by atoms with van der Waals surface area (Å²) in [6.45, 7) is 15.8. The topological polar surface area (TPSA) is 235 Å². The molecule has 0 amide bonds. The fraction of sp³-hybridized carbons (Fsp3) is 0.286. The summed E-state index contributed by atoms with van der Waals surface area (Å²) >= 11 is -0.537. The van der Waals surface area contributed by atoms with Crippen molar-refractivity contribution in [3.8, 4) is 0 Å². The van der Waals surface area contributed by atoms with E-state index < -0.39 is 90.6 Å². The fourth-order valence-electron chi connectivity index (χ4n) is 10.4. The van der Waals surface area contributed by atoms with Gasteiger partial charge in [0.1, 0.15) is 0 Å². The summed E-state index contributed by atoms with van der Waals surface area (Å²) in [5.41, 5.74) is 0. The van der Waals surface area contributed by atoms with E-state index in [2.05, 4.69) is 0 Å².